The number of fused-ring (bicyclic) bond motifs is 4. The van der Waals surface area contributed by atoms with E-state index in [-0.39, 0.29) is 11.7 Å². The molecule has 1 amide bonds. The molecule has 0 bridgehead atoms. The summed E-state index contributed by atoms with van der Waals surface area (Å²) in [5, 5.41) is 10.8. The van der Waals surface area contributed by atoms with Crippen LogP contribution in [0.2, 0.25) is 0 Å². The van der Waals surface area contributed by atoms with Gasteiger partial charge in [0, 0.05) is 42.9 Å². The molecule has 1 atom stereocenters. The second kappa shape index (κ2) is 7.17. The molecule has 0 radical (unpaired) electrons. The predicted molar refractivity (Wildman–Crippen MR) is 117 cm³/mol. The van der Waals surface area contributed by atoms with Gasteiger partial charge in [0.05, 0.1) is 10.8 Å². The van der Waals surface area contributed by atoms with Crippen LogP contribution in [-0.2, 0) is 17.3 Å². The third kappa shape index (κ3) is 2.84. The maximum absolute atomic E-state index is 12.7. The molecule has 0 spiro atoms. The Morgan fingerprint density at radius 3 is 2.97 bits per heavy atom. The van der Waals surface area contributed by atoms with Crippen LogP contribution in [0.5, 0.6) is 5.75 Å². The fourth-order valence-corrected chi connectivity index (χ4v) is 6.56. The molecule has 1 unspecified atom stereocenters. The number of benzene rings is 1. The van der Waals surface area contributed by atoms with E-state index in [1.54, 1.807) is 18.1 Å². The third-order valence-electron chi connectivity index (χ3n) is 5.36. The number of hydrogen-bond acceptors (Lipinski definition) is 6. The third-order valence-corrected chi connectivity index (χ3v) is 8.39. The van der Waals surface area contributed by atoms with Crippen molar-refractivity contribution < 1.29 is 14.1 Å². The van der Waals surface area contributed by atoms with E-state index < -0.39 is 10.8 Å². The van der Waals surface area contributed by atoms with Crippen molar-refractivity contribution in [3.05, 3.63) is 41.7 Å². The molecule has 0 saturated carbocycles. The van der Waals surface area contributed by atoms with Gasteiger partial charge in [-0.25, -0.2) is 9.97 Å². The Morgan fingerprint density at radius 2 is 2.17 bits per heavy atom. The summed E-state index contributed by atoms with van der Waals surface area (Å²) in [4.78, 5) is 23.1. The van der Waals surface area contributed by atoms with E-state index in [1.165, 1.54) is 11.3 Å². The zero-order chi connectivity index (χ0) is 21.0. The van der Waals surface area contributed by atoms with E-state index in [4.69, 9.17) is 4.98 Å². The van der Waals surface area contributed by atoms with Crippen molar-refractivity contribution in [1.29, 1.82) is 0 Å². The number of imidazole rings is 1. The number of rotatable bonds is 5. The highest BCUT2D eigenvalue weighted by Gasteiger charge is 2.26. The van der Waals surface area contributed by atoms with Crippen molar-refractivity contribution in [2.24, 2.45) is 0 Å². The minimum atomic E-state index is -1.27. The van der Waals surface area contributed by atoms with Crippen molar-refractivity contribution in [1.82, 2.24) is 19.3 Å². The lowest BCUT2D eigenvalue weighted by Crippen LogP contribution is -2.17. The molecule has 0 aliphatic carbocycles. The molecule has 154 valence electrons. The van der Waals surface area contributed by atoms with E-state index >= 15 is 0 Å². The molecule has 0 saturated heterocycles. The van der Waals surface area contributed by atoms with Crippen LogP contribution in [0.1, 0.15) is 35.7 Å². The van der Waals surface area contributed by atoms with Crippen LogP contribution >= 0.6 is 11.3 Å². The lowest BCUT2D eigenvalue weighted by Gasteiger charge is -2.07. The predicted octanol–water partition coefficient (Wildman–Crippen LogP) is 3.81. The molecule has 3 aromatic heterocycles. The van der Waals surface area contributed by atoms with Gasteiger partial charge in [0.15, 0.2) is 11.4 Å². The highest BCUT2D eigenvalue weighted by atomic mass is 32.2. The quantitative estimate of drug-likeness (QED) is 0.510. The molecule has 0 fully saturated rings. The summed E-state index contributed by atoms with van der Waals surface area (Å²) in [5.41, 5.74) is 3.58. The van der Waals surface area contributed by atoms with Crippen molar-refractivity contribution in [3.63, 3.8) is 0 Å². The van der Waals surface area contributed by atoms with Crippen LogP contribution in [-0.4, -0.2) is 47.3 Å². The summed E-state index contributed by atoms with van der Waals surface area (Å²) in [5.74, 6) is 1.13. The standard InChI is InChI=1S/C21H20N4O3S2/c1-3-4-9-30(28)21-16(26)15-17(29-21)19-22-7-8-25(19)18(23-15)12-5-6-14-13(10-12)11-24(2)20(14)27/h5-8,10,26H,3-4,9,11H2,1-2H3. The summed E-state index contributed by atoms with van der Waals surface area (Å²) in [6, 6.07) is 5.66. The van der Waals surface area contributed by atoms with Gasteiger partial charge in [-0.3, -0.25) is 13.4 Å². The lowest BCUT2D eigenvalue weighted by atomic mass is 10.1. The molecule has 30 heavy (non-hydrogen) atoms. The van der Waals surface area contributed by atoms with Gasteiger partial charge in [0.25, 0.3) is 5.91 Å². The van der Waals surface area contributed by atoms with E-state index in [1.807, 2.05) is 35.7 Å². The topological polar surface area (TPSA) is 87.8 Å². The lowest BCUT2D eigenvalue weighted by molar-refractivity contribution is 0.0816. The Bertz CT molecular complexity index is 1340. The Labute approximate surface area is 179 Å². The van der Waals surface area contributed by atoms with E-state index in [0.29, 0.717) is 39.1 Å². The zero-order valence-corrected chi connectivity index (χ0v) is 18.2. The fourth-order valence-electron chi connectivity index (χ4n) is 3.78. The molecule has 1 aliphatic rings. The maximum Gasteiger partial charge on any atom is 0.254 e. The molecule has 1 N–H and O–H groups in total. The highest BCUT2D eigenvalue weighted by molar-refractivity contribution is 7.87. The Kier molecular flexibility index (Phi) is 4.59. The number of nitrogens with zero attached hydrogens (tertiary/aromatic N) is 4. The van der Waals surface area contributed by atoms with E-state index in [9.17, 15) is 14.1 Å². The van der Waals surface area contributed by atoms with Crippen LogP contribution in [0.25, 0.3) is 27.3 Å². The summed E-state index contributed by atoms with van der Waals surface area (Å²) in [6.45, 7) is 2.60. The molecule has 4 heterocycles. The van der Waals surface area contributed by atoms with Gasteiger partial charge < -0.3 is 10.0 Å². The first-order valence-electron chi connectivity index (χ1n) is 9.75. The van der Waals surface area contributed by atoms with Crippen molar-refractivity contribution in [3.8, 4) is 17.1 Å². The average molecular weight is 441 g/mol. The summed E-state index contributed by atoms with van der Waals surface area (Å²) < 4.78 is 15.7. The van der Waals surface area contributed by atoms with Crippen LogP contribution in [0.3, 0.4) is 0 Å². The van der Waals surface area contributed by atoms with Crippen molar-refractivity contribution >= 4 is 43.9 Å². The van der Waals surface area contributed by atoms with Gasteiger partial charge in [-0.15, -0.1) is 11.3 Å². The number of aromatic nitrogens is 3. The molecule has 5 rings (SSSR count). The molecule has 7 nitrogen and oxygen atoms in total. The fraction of sp³-hybridized carbons (Fsp3) is 0.286. The first-order valence-corrected chi connectivity index (χ1v) is 11.9. The number of aromatic hydroxyl groups is 1. The minimum Gasteiger partial charge on any atom is -0.504 e. The monoisotopic (exact) mass is 440 g/mol. The van der Waals surface area contributed by atoms with Gasteiger partial charge in [-0.2, -0.15) is 0 Å². The van der Waals surface area contributed by atoms with Gasteiger partial charge in [0.1, 0.15) is 20.3 Å². The molecule has 4 aromatic rings. The van der Waals surface area contributed by atoms with Crippen LogP contribution in [0.15, 0.2) is 34.8 Å². The van der Waals surface area contributed by atoms with Crippen molar-refractivity contribution in [2.45, 2.75) is 30.5 Å². The zero-order valence-electron chi connectivity index (χ0n) is 16.6. The molecular weight excluding hydrogens is 420 g/mol. The second-order valence-corrected chi connectivity index (χ2v) is 10.2. The highest BCUT2D eigenvalue weighted by Crippen LogP contribution is 2.41. The van der Waals surface area contributed by atoms with Gasteiger partial charge in [-0.1, -0.05) is 19.4 Å². The molecule has 1 aromatic carbocycles. The number of carbonyl (C=O) groups excluding carboxylic acids is 1. The SMILES string of the molecule is CCCCS(=O)c1sc2c(nc(-c3ccc4c(c3)CN(C)C4=O)n3ccnc23)c1O. The van der Waals surface area contributed by atoms with E-state index in [2.05, 4.69) is 4.98 Å². The molecular formula is C21H20N4O3S2. The maximum atomic E-state index is 12.7. The van der Waals surface area contributed by atoms with Gasteiger partial charge >= 0.3 is 0 Å². The number of carbonyl (C=O) groups is 1. The Balaban J connectivity index is 1.69. The van der Waals surface area contributed by atoms with Gasteiger partial charge in [0.2, 0.25) is 0 Å². The van der Waals surface area contributed by atoms with Crippen LogP contribution in [0, 0.1) is 0 Å². The Hall–Kier alpha value is -2.78. The first kappa shape index (κ1) is 19.2. The minimum absolute atomic E-state index is 0.0161. The summed E-state index contributed by atoms with van der Waals surface area (Å²) >= 11 is 1.29. The Morgan fingerprint density at radius 1 is 1.33 bits per heavy atom. The number of hydrogen-bond donors (Lipinski definition) is 1. The molecule has 9 heteroatoms. The number of thiophene rings is 1. The van der Waals surface area contributed by atoms with E-state index in [0.717, 1.165) is 28.7 Å². The number of amides is 1. The van der Waals surface area contributed by atoms with Crippen LogP contribution < -0.4 is 0 Å². The average Bonchev–Trinajstić information content (AvgIpc) is 3.42. The molecule has 1 aliphatic heterocycles. The summed E-state index contributed by atoms with van der Waals surface area (Å²) in [6.07, 6.45) is 5.29. The summed E-state index contributed by atoms with van der Waals surface area (Å²) in [7, 11) is 0.513. The van der Waals surface area contributed by atoms with Crippen LogP contribution in [0.4, 0.5) is 0 Å². The van der Waals surface area contributed by atoms with Crippen molar-refractivity contribution in [2.75, 3.05) is 12.8 Å². The largest absolute Gasteiger partial charge is 0.504 e. The second-order valence-electron chi connectivity index (χ2n) is 7.41. The van der Waals surface area contributed by atoms with Gasteiger partial charge in [-0.05, 0) is 24.1 Å². The number of unbranched alkanes of at least 4 members (excludes halogenated alkanes) is 1. The first-order chi connectivity index (χ1) is 14.5. The smallest absolute Gasteiger partial charge is 0.254 e. The normalized spacial score (nSPS) is 14.7.